The molecule has 27 heavy (non-hydrogen) atoms. The third kappa shape index (κ3) is 3.68. The Kier molecular flexibility index (Phi) is 4.60. The molecular weight excluding hydrogens is 340 g/mol. The average molecular weight is 364 g/mol. The van der Waals surface area contributed by atoms with Crippen LogP contribution < -0.4 is 5.63 Å². The summed E-state index contributed by atoms with van der Waals surface area (Å²) in [5, 5.41) is 1.19. The van der Waals surface area contributed by atoms with Crippen molar-refractivity contribution in [2.45, 2.75) is 32.6 Å². The van der Waals surface area contributed by atoms with E-state index in [0.717, 1.165) is 24.8 Å². The van der Waals surface area contributed by atoms with Crippen molar-refractivity contribution >= 4 is 16.8 Å². The van der Waals surface area contributed by atoms with Crippen LogP contribution in [0.5, 0.6) is 0 Å². The van der Waals surface area contributed by atoms with Crippen molar-refractivity contribution < 1.29 is 9.21 Å². The van der Waals surface area contributed by atoms with Gasteiger partial charge in [0, 0.05) is 37.1 Å². The summed E-state index contributed by atoms with van der Waals surface area (Å²) < 4.78 is 5.48. The number of nitrogens with one attached hydrogen (secondary N) is 1. The van der Waals surface area contributed by atoms with Crippen LogP contribution in [0.1, 0.15) is 40.1 Å². The van der Waals surface area contributed by atoms with Crippen molar-refractivity contribution in [3.05, 3.63) is 69.4 Å². The van der Waals surface area contributed by atoms with E-state index in [4.69, 9.17) is 4.42 Å². The second-order valence-electron chi connectivity index (χ2n) is 7.55. The lowest BCUT2D eigenvalue weighted by Gasteiger charge is -2.17. The van der Waals surface area contributed by atoms with Gasteiger partial charge in [-0.05, 0) is 55.4 Å². The summed E-state index contributed by atoms with van der Waals surface area (Å²) in [4.78, 5) is 30.0. The number of carbonyl (C=O) groups excluding carboxylic acids is 1. The molecule has 0 spiro atoms. The molecule has 0 unspecified atom stereocenters. The summed E-state index contributed by atoms with van der Waals surface area (Å²) in [7, 11) is 1.75. The van der Waals surface area contributed by atoms with E-state index in [1.165, 1.54) is 10.9 Å². The first-order valence-electron chi connectivity index (χ1n) is 9.47. The molecule has 4 rings (SSSR count). The molecule has 2 aromatic heterocycles. The minimum atomic E-state index is -0.531. The lowest BCUT2D eigenvalue weighted by Crippen LogP contribution is -2.33. The Morgan fingerprint density at radius 3 is 2.78 bits per heavy atom. The Morgan fingerprint density at radius 2 is 2.04 bits per heavy atom. The summed E-state index contributed by atoms with van der Waals surface area (Å²) in [6.07, 6.45) is 5.71. The largest absolute Gasteiger partial charge is 0.427 e. The lowest BCUT2D eigenvalue weighted by atomic mass is 10.1. The molecule has 0 radical (unpaired) electrons. The molecule has 1 amide bonds. The lowest BCUT2D eigenvalue weighted by molar-refractivity contribution is 0.0783. The fraction of sp³-hybridized carbons (Fsp3) is 0.364. The summed E-state index contributed by atoms with van der Waals surface area (Å²) in [6, 6.07) is 9.97. The zero-order chi connectivity index (χ0) is 19.0. The number of para-hydroxylation sites is 1. The molecule has 0 atom stereocenters. The molecule has 0 saturated heterocycles. The summed E-state index contributed by atoms with van der Waals surface area (Å²) in [6.45, 7) is 2.52. The van der Waals surface area contributed by atoms with Crippen LogP contribution in [0.3, 0.4) is 0 Å². The van der Waals surface area contributed by atoms with E-state index < -0.39 is 5.63 Å². The van der Waals surface area contributed by atoms with E-state index in [9.17, 15) is 9.59 Å². The summed E-state index contributed by atoms with van der Waals surface area (Å²) in [5.74, 6) is 0.960. The van der Waals surface area contributed by atoms with Gasteiger partial charge in [-0.2, -0.15) is 0 Å². The normalized spacial score (nSPS) is 13.9. The van der Waals surface area contributed by atoms with Gasteiger partial charge in [-0.25, -0.2) is 4.79 Å². The molecule has 1 N–H and O–H groups in total. The fourth-order valence-electron chi connectivity index (χ4n) is 3.61. The van der Waals surface area contributed by atoms with E-state index in [0.29, 0.717) is 30.2 Å². The first kappa shape index (κ1) is 17.6. The molecule has 1 aliphatic carbocycles. The third-order valence-corrected chi connectivity index (χ3v) is 5.30. The minimum absolute atomic E-state index is 0.161. The highest BCUT2D eigenvalue weighted by molar-refractivity contribution is 5.95. The van der Waals surface area contributed by atoms with E-state index >= 15 is 0 Å². The number of hydrogen-bond donors (Lipinski definition) is 1. The highest BCUT2D eigenvalue weighted by Crippen LogP contribution is 2.29. The number of aromatic amines is 1. The van der Waals surface area contributed by atoms with Gasteiger partial charge < -0.3 is 14.3 Å². The maximum atomic E-state index is 12.6. The summed E-state index contributed by atoms with van der Waals surface area (Å²) in [5.41, 5.74) is 2.61. The van der Waals surface area contributed by atoms with E-state index in [1.54, 1.807) is 11.9 Å². The van der Waals surface area contributed by atoms with Crippen molar-refractivity contribution in [3.8, 4) is 0 Å². The molecule has 1 fully saturated rings. The van der Waals surface area contributed by atoms with Crippen LogP contribution in [0.25, 0.3) is 10.9 Å². The Labute approximate surface area is 158 Å². The zero-order valence-electron chi connectivity index (χ0n) is 15.7. The Balaban J connectivity index is 1.51. The van der Waals surface area contributed by atoms with Gasteiger partial charge in [-0.3, -0.25) is 4.79 Å². The standard InChI is InChI=1S/C22H24N2O3/c1-14-11-17(10-9-16-12-23-19-6-4-3-5-18(16)19)27-22(26)20(14)21(25)24(2)13-15-7-8-15/h3-6,11-12,15,23H,7-10,13H2,1-2H3. The van der Waals surface area contributed by atoms with Crippen LogP contribution in [0.2, 0.25) is 0 Å². The van der Waals surface area contributed by atoms with E-state index in [1.807, 2.05) is 37.4 Å². The minimum Gasteiger partial charge on any atom is -0.427 e. The highest BCUT2D eigenvalue weighted by Gasteiger charge is 2.27. The van der Waals surface area contributed by atoms with Gasteiger partial charge in [0.1, 0.15) is 11.3 Å². The van der Waals surface area contributed by atoms with Gasteiger partial charge in [-0.15, -0.1) is 0 Å². The number of hydrogen-bond acceptors (Lipinski definition) is 3. The van der Waals surface area contributed by atoms with Crippen LogP contribution in [0, 0.1) is 12.8 Å². The second-order valence-corrected chi connectivity index (χ2v) is 7.55. The molecule has 1 saturated carbocycles. The van der Waals surface area contributed by atoms with Crippen LogP contribution >= 0.6 is 0 Å². The van der Waals surface area contributed by atoms with Gasteiger partial charge >= 0.3 is 5.63 Å². The third-order valence-electron chi connectivity index (χ3n) is 5.30. The Morgan fingerprint density at radius 1 is 1.26 bits per heavy atom. The number of H-pyrrole nitrogens is 1. The summed E-state index contributed by atoms with van der Waals surface area (Å²) >= 11 is 0. The number of amides is 1. The number of aromatic nitrogens is 1. The fourth-order valence-corrected chi connectivity index (χ4v) is 3.61. The number of aryl methyl sites for hydroxylation is 3. The Bertz CT molecular complexity index is 1040. The molecule has 0 aliphatic heterocycles. The molecule has 1 aromatic carbocycles. The molecule has 0 bridgehead atoms. The highest BCUT2D eigenvalue weighted by atomic mass is 16.4. The number of rotatable bonds is 6. The van der Waals surface area contributed by atoms with Crippen molar-refractivity contribution in [1.29, 1.82) is 0 Å². The number of carbonyl (C=O) groups is 1. The van der Waals surface area contributed by atoms with Gasteiger partial charge in [0.25, 0.3) is 5.91 Å². The molecular formula is C22H24N2O3. The topological polar surface area (TPSA) is 66.3 Å². The van der Waals surface area contributed by atoms with Gasteiger partial charge in [-0.1, -0.05) is 18.2 Å². The van der Waals surface area contributed by atoms with Crippen LogP contribution in [0.4, 0.5) is 0 Å². The van der Waals surface area contributed by atoms with Crippen LogP contribution in [-0.2, 0) is 12.8 Å². The molecule has 5 nitrogen and oxygen atoms in total. The second kappa shape index (κ2) is 7.06. The van der Waals surface area contributed by atoms with Gasteiger partial charge in [0.2, 0.25) is 0 Å². The molecule has 140 valence electrons. The maximum Gasteiger partial charge on any atom is 0.349 e. The monoisotopic (exact) mass is 364 g/mol. The average Bonchev–Trinajstić information content (AvgIpc) is 3.36. The first-order valence-corrected chi connectivity index (χ1v) is 9.47. The predicted octanol–water partition coefficient (Wildman–Crippen LogP) is 3.70. The smallest absolute Gasteiger partial charge is 0.349 e. The number of fused-ring (bicyclic) bond motifs is 1. The van der Waals surface area contributed by atoms with Crippen LogP contribution in [0.15, 0.2) is 45.7 Å². The van der Waals surface area contributed by atoms with E-state index in [-0.39, 0.29) is 11.5 Å². The predicted molar refractivity (Wildman–Crippen MR) is 105 cm³/mol. The number of nitrogens with zero attached hydrogens (tertiary/aromatic N) is 1. The van der Waals surface area contributed by atoms with Gasteiger partial charge in [0.15, 0.2) is 0 Å². The maximum absolute atomic E-state index is 12.6. The molecule has 2 heterocycles. The SMILES string of the molecule is Cc1cc(CCc2c[nH]c3ccccc23)oc(=O)c1C(=O)N(C)CC1CC1. The quantitative estimate of drug-likeness (QED) is 0.725. The van der Waals surface area contributed by atoms with Crippen molar-refractivity contribution in [1.82, 2.24) is 9.88 Å². The first-order chi connectivity index (χ1) is 13.0. The van der Waals surface area contributed by atoms with Crippen LogP contribution in [-0.4, -0.2) is 29.4 Å². The molecule has 3 aromatic rings. The van der Waals surface area contributed by atoms with Crippen molar-refractivity contribution in [2.75, 3.05) is 13.6 Å². The molecule has 1 aliphatic rings. The van der Waals surface area contributed by atoms with Gasteiger partial charge in [0.05, 0.1) is 0 Å². The number of benzene rings is 1. The van der Waals surface area contributed by atoms with E-state index in [2.05, 4.69) is 11.1 Å². The molecule has 5 heteroatoms. The van der Waals surface area contributed by atoms with Crippen molar-refractivity contribution in [2.24, 2.45) is 5.92 Å². The zero-order valence-corrected chi connectivity index (χ0v) is 15.7. The van der Waals surface area contributed by atoms with Crippen molar-refractivity contribution in [3.63, 3.8) is 0 Å². The Hall–Kier alpha value is -2.82.